The highest BCUT2D eigenvalue weighted by Crippen LogP contribution is 2.25. The molecular formula is C23H21N5O. The van der Waals surface area contributed by atoms with Crippen LogP contribution in [0.25, 0.3) is 22.8 Å². The van der Waals surface area contributed by atoms with Crippen molar-refractivity contribution in [2.75, 3.05) is 6.54 Å². The lowest BCUT2D eigenvalue weighted by molar-refractivity contribution is 0.239. The maximum Gasteiger partial charge on any atom is 0.226 e. The Balaban J connectivity index is 1.32. The van der Waals surface area contributed by atoms with Crippen molar-refractivity contribution >= 4 is 0 Å². The third-order valence-electron chi connectivity index (χ3n) is 5.22. The van der Waals surface area contributed by atoms with Gasteiger partial charge in [0.25, 0.3) is 0 Å². The molecule has 1 aliphatic rings. The van der Waals surface area contributed by atoms with E-state index in [1.54, 1.807) is 12.4 Å². The van der Waals surface area contributed by atoms with Crippen LogP contribution < -0.4 is 0 Å². The van der Waals surface area contributed by atoms with Crippen molar-refractivity contribution in [3.8, 4) is 22.8 Å². The fraction of sp³-hybridized carbons (Fsp3) is 0.217. The molecular weight excluding hydrogens is 362 g/mol. The number of aromatic nitrogens is 4. The van der Waals surface area contributed by atoms with E-state index in [0.717, 1.165) is 60.2 Å². The van der Waals surface area contributed by atoms with Crippen LogP contribution in [0.15, 0.2) is 65.5 Å². The fourth-order valence-corrected chi connectivity index (χ4v) is 3.63. The van der Waals surface area contributed by atoms with Crippen LogP contribution in [0.4, 0.5) is 0 Å². The van der Waals surface area contributed by atoms with Gasteiger partial charge in [0.1, 0.15) is 5.76 Å². The maximum atomic E-state index is 5.91. The van der Waals surface area contributed by atoms with Crippen molar-refractivity contribution in [1.29, 1.82) is 0 Å². The second-order valence-corrected chi connectivity index (χ2v) is 7.26. The summed E-state index contributed by atoms with van der Waals surface area (Å²) in [6, 6.07) is 13.9. The van der Waals surface area contributed by atoms with E-state index in [4.69, 9.17) is 14.4 Å². The molecule has 6 nitrogen and oxygen atoms in total. The molecule has 1 aliphatic heterocycles. The van der Waals surface area contributed by atoms with E-state index >= 15 is 0 Å². The molecule has 5 rings (SSSR count). The standard InChI is InChI=1S/C23H21N5O/c1-16-21(27-23(29-16)17-6-3-2-4-7-17)15-28-11-9-20-19(14-28)13-25-22(26-20)18-8-5-10-24-12-18/h2-8,10,12-13H,9,11,14-15H2,1H3. The molecule has 4 aromatic rings. The highest BCUT2D eigenvalue weighted by Gasteiger charge is 2.21. The van der Waals surface area contributed by atoms with Crippen molar-refractivity contribution < 1.29 is 4.42 Å². The Morgan fingerprint density at radius 3 is 2.69 bits per heavy atom. The summed E-state index contributed by atoms with van der Waals surface area (Å²) in [5.41, 5.74) is 5.23. The zero-order chi connectivity index (χ0) is 19.6. The molecule has 4 heterocycles. The number of nitrogens with zero attached hydrogens (tertiary/aromatic N) is 5. The lowest BCUT2D eigenvalue weighted by atomic mass is 10.1. The Morgan fingerprint density at radius 2 is 1.86 bits per heavy atom. The minimum Gasteiger partial charge on any atom is -0.441 e. The van der Waals surface area contributed by atoms with E-state index in [0.29, 0.717) is 5.89 Å². The van der Waals surface area contributed by atoms with Crippen LogP contribution in [0.2, 0.25) is 0 Å². The lowest BCUT2D eigenvalue weighted by Crippen LogP contribution is -2.31. The van der Waals surface area contributed by atoms with Gasteiger partial charge >= 0.3 is 0 Å². The zero-order valence-corrected chi connectivity index (χ0v) is 16.2. The highest BCUT2D eigenvalue weighted by molar-refractivity contribution is 5.54. The zero-order valence-electron chi connectivity index (χ0n) is 16.2. The third kappa shape index (κ3) is 3.67. The predicted molar refractivity (Wildman–Crippen MR) is 110 cm³/mol. The van der Waals surface area contributed by atoms with Gasteiger partial charge in [-0.1, -0.05) is 18.2 Å². The number of fused-ring (bicyclic) bond motifs is 1. The van der Waals surface area contributed by atoms with Crippen LogP contribution in [0, 0.1) is 6.92 Å². The van der Waals surface area contributed by atoms with Crippen molar-refractivity contribution in [2.45, 2.75) is 26.4 Å². The first-order chi connectivity index (χ1) is 14.3. The molecule has 6 heteroatoms. The van der Waals surface area contributed by atoms with Gasteiger partial charge in [-0.15, -0.1) is 0 Å². The molecule has 0 unspecified atom stereocenters. The first-order valence-corrected chi connectivity index (χ1v) is 9.75. The number of rotatable bonds is 4. The summed E-state index contributed by atoms with van der Waals surface area (Å²) in [5, 5.41) is 0. The molecule has 0 radical (unpaired) electrons. The largest absolute Gasteiger partial charge is 0.441 e. The van der Waals surface area contributed by atoms with Crippen molar-refractivity contribution in [2.24, 2.45) is 0 Å². The van der Waals surface area contributed by atoms with E-state index in [1.165, 1.54) is 5.56 Å². The number of hydrogen-bond acceptors (Lipinski definition) is 6. The van der Waals surface area contributed by atoms with Crippen LogP contribution >= 0.6 is 0 Å². The second-order valence-electron chi connectivity index (χ2n) is 7.26. The topological polar surface area (TPSA) is 67.9 Å². The Labute approximate surface area is 169 Å². The number of aryl methyl sites for hydroxylation is 1. The van der Waals surface area contributed by atoms with Gasteiger partial charge in [-0.3, -0.25) is 9.88 Å². The van der Waals surface area contributed by atoms with Gasteiger partial charge in [0.2, 0.25) is 5.89 Å². The van der Waals surface area contributed by atoms with Crippen molar-refractivity contribution in [3.63, 3.8) is 0 Å². The molecule has 0 N–H and O–H groups in total. The molecule has 0 fully saturated rings. The van der Waals surface area contributed by atoms with Gasteiger partial charge in [0.05, 0.1) is 11.4 Å². The Morgan fingerprint density at radius 1 is 1.00 bits per heavy atom. The minimum absolute atomic E-state index is 0.681. The van der Waals surface area contributed by atoms with Gasteiger partial charge in [0.15, 0.2) is 5.82 Å². The summed E-state index contributed by atoms with van der Waals surface area (Å²) in [6.45, 7) is 4.49. The van der Waals surface area contributed by atoms with Crippen LogP contribution in [0.3, 0.4) is 0 Å². The molecule has 29 heavy (non-hydrogen) atoms. The predicted octanol–water partition coefficient (Wildman–Crippen LogP) is 4.06. The first kappa shape index (κ1) is 17.7. The van der Waals surface area contributed by atoms with E-state index in [9.17, 15) is 0 Å². The normalized spacial score (nSPS) is 14.0. The summed E-state index contributed by atoms with van der Waals surface area (Å²) in [5.74, 6) is 2.29. The summed E-state index contributed by atoms with van der Waals surface area (Å²) in [6.07, 6.45) is 6.40. The lowest BCUT2D eigenvalue weighted by Gasteiger charge is -2.27. The molecule has 0 aliphatic carbocycles. The highest BCUT2D eigenvalue weighted by atomic mass is 16.4. The average molecular weight is 383 g/mol. The summed E-state index contributed by atoms with van der Waals surface area (Å²) in [7, 11) is 0. The monoisotopic (exact) mass is 383 g/mol. The SMILES string of the molecule is Cc1oc(-c2ccccc2)nc1CN1CCc2nc(-c3cccnc3)ncc2C1. The second kappa shape index (κ2) is 7.56. The molecule has 0 spiro atoms. The fourth-order valence-electron chi connectivity index (χ4n) is 3.63. The van der Waals surface area contributed by atoms with Crippen LogP contribution in [0.5, 0.6) is 0 Å². The number of pyridine rings is 1. The summed E-state index contributed by atoms with van der Waals surface area (Å²) >= 11 is 0. The van der Waals surface area contributed by atoms with Crippen molar-refractivity contribution in [1.82, 2.24) is 24.8 Å². The Hall–Kier alpha value is -3.38. The van der Waals surface area contributed by atoms with Crippen LogP contribution in [-0.2, 0) is 19.5 Å². The average Bonchev–Trinajstić information content (AvgIpc) is 3.15. The molecule has 0 amide bonds. The van der Waals surface area contributed by atoms with Gasteiger partial charge in [-0.2, -0.15) is 0 Å². The van der Waals surface area contributed by atoms with Gasteiger partial charge in [0, 0.05) is 61.3 Å². The smallest absolute Gasteiger partial charge is 0.226 e. The van der Waals surface area contributed by atoms with Crippen LogP contribution in [0.1, 0.15) is 22.7 Å². The molecule has 0 saturated heterocycles. The Bertz CT molecular complexity index is 1120. The number of hydrogen-bond donors (Lipinski definition) is 0. The number of oxazole rings is 1. The molecule has 1 aromatic carbocycles. The summed E-state index contributed by atoms with van der Waals surface area (Å²) in [4.78, 5) is 20.6. The Kier molecular flexibility index (Phi) is 4.62. The first-order valence-electron chi connectivity index (χ1n) is 9.75. The van der Waals surface area contributed by atoms with Gasteiger partial charge in [-0.05, 0) is 31.2 Å². The molecule has 3 aromatic heterocycles. The quantitative estimate of drug-likeness (QED) is 0.529. The van der Waals surface area contributed by atoms with E-state index in [2.05, 4.69) is 14.9 Å². The van der Waals surface area contributed by atoms with E-state index < -0.39 is 0 Å². The summed E-state index contributed by atoms with van der Waals surface area (Å²) < 4.78 is 5.91. The van der Waals surface area contributed by atoms with Crippen LogP contribution in [-0.4, -0.2) is 31.4 Å². The number of benzene rings is 1. The van der Waals surface area contributed by atoms with E-state index in [-0.39, 0.29) is 0 Å². The molecule has 144 valence electrons. The minimum atomic E-state index is 0.681. The van der Waals surface area contributed by atoms with Gasteiger partial charge in [-0.25, -0.2) is 15.0 Å². The molecule has 0 saturated carbocycles. The van der Waals surface area contributed by atoms with E-state index in [1.807, 2.05) is 55.6 Å². The maximum absolute atomic E-state index is 5.91. The third-order valence-corrected chi connectivity index (χ3v) is 5.22. The van der Waals surface area contributed by atoms with Gasteiger partial charge < -0.3 is 4.42 Å². The van der Waals surface area contributed by atoms with Crippen molar-refractivity contribution in [3.05, 3.63) is 83.8 Å². The molecule has 0 atom stereocenters. The molecule has 0 bridgehead atoms.